The highest BCUT2D eigenvalue weighted by Crippen LogP contribution is 2.08. The fourth-order valence-electron chi connectivity index (χ4n) is 1.88. The lowest BCUT2D eigenvalue weighted by Crippen LogP contribution is -2.34. The number of carbonyl (C=O) groups excluding carboxylic acids is 1. The number of carbonyl (C=O) groups is 1. The molecule has 0 aromatic rings. The van der Waals surface area contributed by atoms with Gasteiger partial charge in [0.1, 0.15) is 5.60 Å². The fourth-order valence-corrected chi connectivity index (χ4v) is 1.88. The van der Waals surface area contributed by atoms with Gasteiger partial charge >= 0.3 is 6.09 Å². The van der Waals surface area contributed by atoms with Gasteiger partial charge in [0, 0.05) is 12.6 Å². The Morgan fingerprint density at radius 3 is 2.25 bits per heavy atom. The van der Waals surface area contributed by atoms with Crippen LogP contribution in [-0.2, 0) is 4.74 Å². The van der Waals surface area contributed by atoms with Crippen LogP contribution in [0.15, 0.2) is 0 Å². The Morgan fingerprint density at radius 2 is 1.70 bits per heavy atom. The van der Waals surface area contributed by atoms with E-state index in [0.29, 0.717) is 12.6 Å². The molecular formula is C16H34N2O2. The van der Waals surface area contributed by atoms with E-state index in [4.69, 9.17) is 4.74 Å². The van der Waals surface area contributed by atoms with Gasteiger partial charge in [-0.25, -0.2) is 4.79 Å². The summed E-state index contributed by atoms with van der Waals surface area (Å²) in [5, 5.41) is 6.26. The molecule has 1 unspecified atom stereocenters. The van der Waals surface area contributed by atoms with E-state index in [9.17, 15) is 4.79 Å². The number of ether oxygens (including phenoxy) is 1. The predicted octanol–water partition coefficient (Wildman–Crippen LogP) is 3.71. The lowest BCUT2D eigenvalue weighted by molar-refractivity contribution is 0.0527. The molecule has 0 aliphatic rings. The molecule has 120 valence electrons. The van der Waals surface area contributed by atoms with Crippen molar-refractivity contribution in [3.8, 4) is 0 Å². The van der Waals surface area contributed by atoms with Gasteiger partial charge < -0.3 is 15.4 Å². The van der Waals surface area contributed by atoms with Gasteiger partial charge in [0.25, 0.3) is 0 Å². The molecule has 0 aliphatic heterocycles. The van der Waals surface area contributed by atoms with Crippen LogP contribution in [-0.4, -0.2) is 30.8 Å². The highest BCUT2D eigenvalue weighted by atomic mass is 16.6. The molecule has 0 saturated heterocycles. The fraction of sp³-hybridized carbons (Fsp3) is 0.938. The first-order chi connectivity index (χ1) is 9.20. The number of rotatable bonds is 9. The summed E-state index contributed by atoms with van der Waals surface area (Å²) in [6, 6.07) is 0.551. The van der Waals surface area contributed by atoms with Crippen molar-refractivity contribution in [2.45, 2.75) is 78.9 Å². The number of amides is 1. The monoisotopic (exact) mass is 286 g/mol. The van der Waals surface area contributed by atoms with Gasteiger partial charge in [-0.15, -0.1) is 0 Å². The zero-order valence-electron chi connectivity index (χ0n) is 14.2. The van der Waals surface area contributed by atoms with Gasteiger partial charge in [0.2, 0.25) is 0 Å². The van der Waals surface area contributed by atoms with Crippen molar-refractivity contribution in [2.24, 2.45) is 5.92 Å². The zero-order valence-corrected chi connectivity index (χ0v) is 14.2. The SMILES string of the molecule is CC(C)CCCC(C)NCCCNC(=O)OC(C)(C)C. The minimum atomic E-state index is -0.423. The largest absolute Gasteiger partial charge is 0.444 e. The maximum Gasteiger partial charge on any atom is 0.407 e. The van der Waals surface area contributed by atoms with E-state index in [0.717, 1.165) is 18.9 Å². The van der Waals surface area contributed by atoms with E-state index >= 15 is 0 Å². The molecule has 4 nitrogen and oxygen atoms in total. The molecule has 4 heteroatoms. The molecule has 1 amide bonds. The Kier molecular flexibility index (Phi) is 9.64. The van der Waals surface area contributed by atoms with Crippen LogP contribution in [0.1, 0.15) is 67.2 Å². The topological polar surface area (TPSA) is 50.4 Å². The van der Waals surface area contributed by atoms with Crippen molar-refractivity contribution in [3.63, 3.8) is 0 Å². The highest BCUT2D eigenvalue weighted by molar-refractivity contribution is 5.67. The van der Waals surface area contributed by atoms with Crippen molar-refractivity contribution >= 4 is 6.09 Å². The normalized spacial score (nSPS) is 13.3. The van der Waals surface area contributed by atoms with Crippen LogP contribution in [0.4, 0.5) is 4.79 Å². The van der Waals surface area contributed by atoms with Crippen molar-refractivity contribution in [1.82, 2.24) is 10.6 Å². The van der Waals surface area contributed by atoms with E-state index in [1.807, 2.05) is 20.8 Å². The van der Waals surface area contributed by atoms with Gasteiger partial charge in [-0.1, -0.05) is 26.7 Å². The van der Waals surface area contributed by atoms with E-state index in [1.54, 1.807) is 0 Å². The summed E-state index contributed by atoms with van der Waals surface area (Å²) >= 11 is 0. The van der Waals surface area contributed by atoms with Gasteiger partial charge in [0.05, 0.1) is 0 Å². The summed E-state index contributed by atoms with van der Waals surface area (Å²) in [7, 11) is 0. The van der Waals surface area contributed by atoms with Crippen LogP contribution in [0.2, 0.25) is 0 Å². The zero-order chi connectivity index (χ0) is 15.6. The first-order valence-corrected chi connectivity index (χ1v) is 7.91. The molecule has 0 aliphatic carbocycles. The average Bonchev–Trinajstić information content (AvgIpc) is 2.25. The number of hydrogen-bond acceptors (Lipinski definition) is 3. The molecule has 0 fully saturated rings. The molecule has 0 bridgehead atoms. The van der Waals surface area contributed by atoms with Gasteiger partial charge in [-0.3, -0.25) is 0 Å². The van der Waals surface area contributed by atoms with E-state index in [1.165, 1.54) is 19.3 Å². The van der Waals surface area contributed by atoms with Crippen LogP contribution < -0.4 is 10.6 Å². The van der Waals surface area contributed by atoms with Crippen LogP contribution in [0.3, 0.4) is 0 Å². The molecule has 0 heterocycles. The minimum Gasteiger partial charge on any atom is -0.444 e. The van der Waals surface area contributed by atoms with Crippen molar-refractivity contribution in [2.75, 3.05) is 13.1 Å². The second kappa shape index (κ2) is 10.0. The Balaban J connectivity index is 3.45. The van der Waals surface area contributed by atoms with Crippen molar-refractivity contribution in [3.05, 3.63) is 0 Å². The summed E-state index contributed by atoms with van der Waals surface area (Å²) in [5.41, 5.74) is -0.423. The molecular weight excluding hydrogens is 252 g/mol. The summed E-state index contributed by atoms with van der Waals surface area (Å²) in [5.74, 6) is 0.792. The molecule has 0 radical (unpaired) electrons. The third kappa shape index (κ3) is 13.7. The Morgan fingerprint density at radius 1 is 1.05 bits per heavy atom. The molecule has 20 heavy (non-hydrogen) atoms. The van der Waals surface area contributed by atoms with Crippen molar-refractivity contribution in [1.29, 1.82) is 0 Å². The van der Waals surface area contributed by atoms with Crippen LogP contribution >= 0.6 is 0 Å². The third-order valence-electron chi connectivity index (χ3n) is 2.93. The Hall–Kier alpha value is -0.770. The summed E-state index contributed by atoms with van der Waals surface area (Å²) < 4.78 is 5.17. The maximum absolute atomic E-state index is 11.4. The van der Waals surface area contributed by atoms with Crippen molar-refractivity contribution < 1.29 is 9.53 Å². The van der Waals surface area contributed by atoms with E-state index < -0.39 is 5.60 Å². The van der Waals surface area contributed by atoms with Crippen LogP contribution in [0.5, 0.6) is 0 Å². The molecule has 0 aromatic carbocycles. The number of nitrogens with one attached hydrogen (secondary N) is 2. The maximum atomic E-state index is 11.4. The molecule has 2 N–H and O–H groups in total. The lowest BCUT2D eigenvalue weighted by atomic mass is 10.0. The molecule has 0 saturated carbocycles. The molecule has 0 aromatic heterocycles. The summed E-state index contributed by atoms with van der Waals surface area (Å²) in [6.45, 7) is 13.9. The Bertz CT molecular complexity index is 260. The number of alkyl carbamates (subject to hydrolysis) is 1. The Labute approximate surface area is 125 Å². The second-order valence-electron chi connectivity index (χ2n) is 6.96. The first-order valence-electron chi connectivity index (χ1n) is 7.91. The molecule has 0 rings (SSSR count). The summed E-state index contributed by atoms with van der Waals surface area (Å²) in [6.07, 6.45) is 4.39. The first kappa shape index (κ1) is 19.2. The second-order valence-corrected chi connectivity index (χ2v) is 6.96. The van der Waals surface area contributed by atoms with Gasteiger partial charge in [-0.2, -0.15) is 0 Å². The lowest BCUT2D eigenvalue weighted by Gasteiger charge is -2.19. The average molecular weight is 286 g/mol. The predicted molar refractivity (Wildman–Crippen MR) is 85.0 cm³/mol. The van der Waals surface area contributed by atoms with Gasteiger partial charge in [-0.05, 0) is 53.0 Å². The van der Waals surface area contributed by atoms with Crippen LogP contribution in [0.25, 0.3) is 0 Å². The standard InChI is InChI=1S/C16H34N2O2/c1-13(2)9-7-10-14(3)17-11-8-12-18-15(19)20-16(4,5)6/h13-14,17H,7-12H2,1-6H3,(H,18,19). The number of hydrogen-bond donors (Lipinski definition) is 2. The van der Waals surface area contributed by atoms with E-state index in [2.05, 4.69) is 31.4 Å². The third-order valence-corrected chi connectivity index (χ3v) is 2.93. The van der Waals surface area contributed by atoms with Gasteiger partial charge in [0.15, 0.2) is 0 Å². The minimum absolute atomic E-state index is 0.331. The summed E-state index contributed by atoms with van der Waals surface area (Å²) in [4.78, 5) is 11.4. The van der Waals surface area contributed by atoms with Crippen LogP contribution in [0, 0.1) is 5.92 Å². The smallest absolute Gasteiger partial charge is 0.407 e. The highest BCUT2D eigenvalue weighted by Gasteiger charge is 2.15. The quantitative estimate of drug-likeness (QED) is 0.635. The molecule has 0 spiro atoms. The molecule has 1 atom stereocenters. The van der Waals surface area contributed by atoms with E-state index in [-0.39, 0.29) is 6.09 Å².